The molecule has 4 heteroatoms. The van der Waals surface area contributed by atoms with Crippen LogP contribution in [0.15, 0.2) is 60.7 Å². The Morgan fingerprint density at radius 1 is 0.960 bits per heavy atom. The van der Waals surface area contributed by atoms with Crippen molar-refractivity contribution in [1.82, 2.24) is 9.80 Å². The highest BCUT2D eigenvalue weighted by Crippen LogP contribution is 2.19. The van der Waals surface area contributed by atoms with Gasteiger partial charge in [-0.15, -0.1) is 0 Å². The molecule has 2 aromatic carbocycles. The summed E-state index contributed by atoms with van der Waals surface area (Å²) < 4.78 is 5.61. The van der Waals surface area contributed by atoms with Crippen molar-refractivity contribution < 1.29 is 9.53 Å². The molecule has 1 heterocycles. The van der Waals surface area contributed by atoms with Gasteiger partial charge in [-0.1, -0.05) is 48.5 Å². The molecule has 4 nitrogen and oxygen atoms in total. The normalized spacial score (nSPS) is 21.1. The lowest BCUT2D eigenvalue weighted by atomic mass is 10.1. The maximum absolute atomic E-state index is 12.5. The first-order valence-corrected chi connectivity index (χ1v) is 8.89. The quantitative estimate of drug-likeness (QED) is 0.839. The Morgan fingerprint density at radius 2 is 1.52 bits per heavy atom. The largest absolute Gasteiger partial charge is 0.484 e. The summed E-state index contributed by atoms with van der Waals surface area (Å²) in [6.07, 6.45) is 0. The van der Waals surface area contributed by atoms with Crippen LogP contribution < -0.4 is 4.74 Å². The van der Waals surface area contributed by atoms with E-state index in [0.717, 1.165) is 25.4 Å². The molecule has 1 fully saturated rings. The Kier molecular flexibility index (Phi) is 5.71. The fraction of sp³-hybridized carbons (Fsp3) is 0.381. The van der Waals surface area contributed by atoms with Gasteiger partial charge in [0, 0.05) is 31.7 Å². The van der Waals surface area contributed by atoms with Crippen molar-refractivity contribution in [2.45, 2.75) is 32.5 Å². The van der Waals surface area contributed by atoms with Crippen LogP contribution in [0.3, 0.4) is 0 Å². The summed E-state index contributed by atoms with van der Waals surface area (Å²) in [4.78, 5) is 16.9. The number of piperazine rings is 1. The van der Waals surface area contributed by atoms with Gasteiger partial charge in [-0.05, 0) is 31.5 Å². The minimum Gasteiger partial charge on any atom is -0.484 e. The van der Waals surface area contributed by atoms with E-state index in [9.17, 15) is 4.79 Å². The van der Waals surface area contributed by atoms with Crippen molar-refractivity contribution in [2.75, 3.05) is 19.7 Å². The summed E-state index contributed by atoms with van der Waals surface area (Å²) >= 11 is 0. The van der Waals surface area contributed by atoms with Crippen LogP contribution in [-0.2, 0) is 11.3 Å². The van der Waals surface area contributed by atoms with E-state index in [2.05, 4.69) is 43.0 Å². The third-order valence-corrected chi connectivity index (χ3v) is 4.77. The summed E-state index contributed by atoms with van der Waals surface area (Å²) in [6, 6.07) is 20.6. The molecule has 2 unspecified atom stereocenters. The standard InChI is InChI=1S/C21H26N2O2/c1-17-13-22(21(24)16-25-20-11-7-4-8-12-20)14-18(2)23(17)15-19-9-5-3-6-10-19/h3-12,17-18H,13-16H2,1-2H3. The lowest BCUT2D eigenvalue weighted by molar-refractivity contribution is -0.137. The van der Waals surface area contributed by atoms with E-state index in [4.69, 9.17) is 4.74 Å². The predicted molar refractivity (Wildman–Crippen MR) is 99.4 cm³/mol. The minimum atomic E-state index is 0.0573. The number of carbonyl (C=O) groups is 1. The molecule has 25 heavy (non-hydrogen) atoms. The zero-order valence-corrected chi connectivity index (χ0v) is 15.0. The molecule has 1 aliphatic rings. The fourth-order valence-corrected chi connectivity index (χ4v) is 3.42. The summed E-state index contributed by atoms with van der Waals surface area (Å²) in [6.45, 7) is 6.89. The van der Waals surface area contributed by atoms with Crippen molar-refractivity contribution >= 4 is 5.91 Å². The predicted octanol–water partition coefficient (Wildman–Crippen LogP) is 3.19. The van der Waals surface area contributed by atoms with Gasteiger partial charge in [0.15, 0.2) is 6.61 Å². The average Bonchev–Trinajstić information content (AvgIpc) is 2.64. The Hall–Kier alpha value is -2.33. The lowest BCUT2D eigenvalue weighted by Gasteiger charge is -2.44. The van der Waals surface area contributed by atoms with E-state index in [-0.39, 0.29) is 12.5 Å². The van der Waals surface area contributed by atoms with Gasteiger partial charge in [0.1, 0.15) is 5.75 Å². The first kappa shape index (κ1) is 17.5. The number of nitrogens with zero attached hydrogens (tertiary/aromatic N) is 2. The molecular formula is C21H26N2O2. The number of benzene rings is 2. The molecule has 1 amide bonds. The molecule has 0 aromatic heterocycles. The lowest BCUT2D eigenvalue weighted by Crippen LogP contribution is -2.58. The van der Waals surface area contributed by atoms with Crippen LogP contribution in [0.5, 0.6) is 5.75 Å². The van der Waals surface area contributed by atoms with Gasteiger partial charge in [-0.25, -0.2) is 0 Å². The first-order chi connectivity index (χ1) is 12.1. The molecule has 0 radical (unpaired) electrons. The van der Waals surface area contributed by atoms with E-state index >= 15 is 0 Å². The van der Waals surface area contributed by atoms with Crippen molar-refractivity contribution in [3.63, 3.8) is 0 Å². The number of hydrogen-bond donors (Lipinski definition) is 0. The summed E-state index contributed by atoms with van der Waals surface area (Å²) in [5.41, 5.74) is 1.31. The molecule has 2 aromatic rings. The molecule has 1 saturated heterocycles. The third kappa shape index (κ3) is 4.60. The maximum Gasteiger partial charge on any atom is 0.260 e. The van der Waals surface area contributed by atoms with Gasteiger partial charge in [0.05, 0.1) is 0 Å². The van der Waals surface area contributed by atoms with E-state index in [1.807, 2.05) is 41.3 Å². The van der Waals surface area contributed by atoms with Gasteiger partial charge in [0.2, 0.25) is 0 Å². The van der Waals surface area contributed by atoms with Crippen LogP contribution >= 0.6 is 0 Å². The monoisotopic (exact) mass is 338 g/mol. The average molecular weight is 338 g/mol. The van der Waals surface area contributed by atoms with Crippen molar-refractivity contribution in [2.24, 2.45) is 0 Å². The maximum atomic E-state index is 12.5. The molecule has 132 valence electrons. The number of carbonyl (C=O) groups excluding carboxylic acids is 1. The van der Waals surface area contributed by atoms with Crippen LogP contribution in [0.2, 0.25) is 0 Å². The summed E-state index contributed by atoms with van der Waals surface area (Å²) in [5, 5.41) is 0. The molecule has 2 atom stereocenters. The summed E-state index contributed by atoms with van der Waals surface area (Å²) in [7, 11) is 0. The molecule has 0 bridgehead atoms. The van der Waals surface area contributed by atoms with E-state index < -0.39 is 0 Å². The van der Waals surface area contributed by atoms with Crippen molar-refractivity contribution in [3.8, 4) is 5.75 Å². The number of ether oxygens (including phenoxy) is 1. The Bertz CT molecular complexity index is 663. The van der Waals surface area contributed by atoms with Gasteiger partial charge in [-0.3, -0.25) is 9.69 Å². The highest BCUT2D eigenvalue weighted by atomic mass is 16.5. The van der Waals surface area contributed by atoms with E-state index in [1.165, 1.54) is 5.56 Å². The fourth-order valence-electron chi connectivity index (χ4n) is 3.42. The third-order valence-electron chi connectivity index (χ3n) is 4.77. The van der Waals surface area contributed by atoms with Crippen LogP contribution in [0.25, 0.3) is 0 Å². The first-order valence-electron chi connectivity index (χ1n) is 8.89. The zero-order chi connectivity index (χ0) is 17.6. The van der Waals surface area contributed by atoms with Gasteiger partial charge < -0.3 is 9.64 Å². The Labute approximate surface area is 150 Å². The molecule has 0 saturated carbocycles. The number of para-hydroxylation sites is 1. The smallest absolute Gasteiger partial charge is 0.260 e. The highest BCUT2D eigenvalue weighted by Gasteiger charge is 2.31. The van der Waals surface area contributed by atoms with E-state index in [0.29, 0.717) is 12.1 Å². The number of hydrogen-bond acceptors (Lipinski definition) is 3. The van der Waals surface area contributed by atoms with Crippen molar-refractivity contribution in [3.05, 3.63) is 66.2 Å². The minimum absolute atomic E-state index is 0.0573. The van der Waals surface area contributed by atoms with Gasteiger partial charge in [0.25, 0.3) is 5.91 Å². The second kappa shape index (κ2) is 8.17. The van der Waals surface area contributed by atoms with Crippen LogP contribution in [0.1, 0.15) is 19.4 Å². The highest BCUT2D eigenvalue weighted by molar-refractivity contribution is 5.78. The number of amides is 1. The molecular weight excluding hydrogens is 312 g/mol. The van der Waals surface area contributed by atoms with Gasteiger partial charge >= 0.3 is 0 Å². The molecule has 0 spiro atoms. The van der Waals surface area contributed by atoms with Crippen LogP contribution in [0, 0.1) is 0 Å². The number of rotatable bonds is 5. The SMILES string of the molecule is CC1CN(C(=O)COc2ccccc2)CC(C)N1Cc1ccccc1. The molecule has 0 aliphatic carbocycles. The Morgan fingerprint density at radius 3 is 2.12 bits per heavy atom. The second-order valence-electron chi connectivity index (χ2n) is 6.76. The zero-order valence-electron chi connectivity index (χ0n) is 15.0. The molecule has 3 rings (SSSR count). The van der Waals surface area contributed by atoms with E-state index in [1.54, 1.807) is 0 Å². The summed E-state index contributed by atoms with van der Waals surface area (Å²) in [5.74, 6) is 0.793. The topological polar surface area (TPSA) is 32.8 Å². The van der Waals surface area contributed by atoms with Crippen LogP contribution in [-0.4, -0.2) is 47.5 Å². The van der Waals surface area contributed by atoms with Gasteiger partial charge in [-0.2, -0.15) is 0 Å². The van der Waals surface area contributed by atoms with Crippen LogP contribution in [0.4, 0.5) is 0 Å². The molecule has 0 N–H and O–H groups in total. The second-order valence-corrected chi connectivity index (χ2v) is 6.76. The van der Waals surface area contributed by atoms with Crippen molar-refractivity contribution in [1.29, 1.82) is 0 Å². The molecule has 1 aliphatic heterocycles. The Balaban J connectivity index is 1.55.